The van der Waals surface area contributed by atoms with Crippen LogP contribution in [0, 0.1) is 18.8 Å². The van der Waals surface area contributed by atoms with Crippen LogP contribution in [0.25, 0.3) is 28.1 Å². The van der Waals surface area contributed by atoms with Crippen LogP contribution in [0.3, 0.4) is 0 Å². The Morgan fingerprint density at radius 3 is 2.32 bits per heavy atom. The fraction of sp³-hybridized carbons (Fsp3) is 0.0417. The lowest BCUT2D eigenvalue weighted by Gasteiger charge is -2.06. The number of aromatic nitrogens is 4. The predicted octanol–water partition coefficient (Wildman–Crippen LogP) is 4.65. The summed E-state index contributed by atoms with van der Waals surface area (Å²) < 4.78 is 2.04. The average Bonchev–Trinajstić information content (AvgIpc) is 3.19. The van der Waals surface area contributed by atoms with Gasteiger partial charge in [0.05, 0.1) is 11.0 Å². The molecule has 0 saturated carbocycles. The molecule has 0 N–H and O–H groups in total. The van der Waals surface area contributed by atoms with Crippen molar-refractivity contribution in [2.75, 3.05) is 0 Å². The highest BCUT2D eigenvalue weighted by molar-refractivity contribution is 5.82. The second-order valence-corrected chi connectivity index (χ2v) is 6.61. The zero-order valence-corrected chi connectivity index (χ0v) is 15.3. The smallest absolute Gasteiger partial charge is 0.196 e. The van der Waals surface area contributed by atoms with Crippen molar-refractivity contribution >= 4 is 16.7 Å². The first-order valence-corrected chi connectivity index (χ1v) is 9.07. The van der Waals surface area contributed by atoms with Gasteiger partial charge in [0.25, 0.3) is 0 Å². The molecule has 2 aromatic heterocycles. The first-order valence-electron chi connectivity index (χ1n) is 9.07. The number of fused-ring (bicyclic) bond motifs is 3. The summed E-state index contributed by atoms with van der Waals surface area (Å²) >= 11 is 0. The van der Waals surface area contributed by atoms with Gasteiger partial charge in [-0.3, -0.25) is 4.40 Å². The summed E-state index contributed by atoms with van der Waals surface area (Å²) in [6.45, 7) is 2.07. The van der Waals surface area contributed by atoms with Crippen molar-refractivity contribution in [1.82, 2.24) is 19.6 Å². The fourth-order valence-corrected chi connectivity index (χ4v) is 3.21. The largest absolute Gasteiger partial charge is 0.271 e. The molecule has 0 amide bonds. The molecule has 0 radical (unpaired) electrons. The van der Waals surface area contributed by atoms with Crippen molar-refractivity contribution in [3.8, 4) is 23.2 Å². The Balaban J connectivity index is 1.78. The molecule has 3 aromatic carbocycles. The minimum Gasteiger partial charge on any atom is -0.271 e. The number of hydrogen-bond donors (Lipinski definition) is 0. The number of aryl methyl sites for hydroxylation is 1. The number of hydrogen-bond acceptors (Lipinski definition) is 3. The predicted molar refractivity (Wildman–Crippen MR) is 111 cm³/mol. The summed E-state index contributed by atoms with van der Waals surface area (Å²) in [6.07, 6.45) is 0. The minimum atomic E-state index is 0.619. The maximum absolute atomic E-state index is 4.74. The van der Waals surface area contributed by atoms with Gasteiger partial charge in [0, 0.05) is 11.1 Å². The van der Waals surface area contributed by atoms with E-state index in [0.717, 1.165) is 28.0 Å². The molecule has 0 spiro atoms. The molecule has 0 unspecified atom stereocenters. The number of para-hydroxylation sites is 2. The highest BCUT2D eigenvalue weighted by Crippen LogP contribution is 2.24. The summed E-state index contributed by atoms with van der Waals surface area (Å²) in [6, 6.07) is 26.2. The molecule has 0 fully saturated rings. The summed E-state index contributed by atoms with van der Waals surface area (Å²) in [5.41, 5.74) is 6.26. The lowest BCUT2D eigenvalue weighted by Crippen LogP contribution is -1.98. The third kappa shape index (κ3) is 2.80. The van der Waals surface area contributed by atoms with E-state index in [2.05, 4.69) is 53.2 Å². The Kier molecular flexibility index (Phi) is 3.85. The van der Waals surface area contributed by atoms with E-state index in [9.17, 15) is 0 Å². The maximum Gasteiger partial charge on any atom is 0.196 e. The maximum atomic E-state index is 4.74. The number of rotatable bonds is 1. The van der Waals surface area contributed by atoms with Gasteiger partial charge in [0.15, 0.2) is 17.2 Å². The van der Waals surface area contributed by atoms with Crippen LogP contribution in [0.1, 0.15) is 16.8 Å². The number of nitrogens with zero attached hydrogens (tertiary/aromatic N) is 4. The second kappa shape index (κ2) is 6.64. The van der Waals surface area contributed by atoms with E-state index in [1.807, 2.05) is 59.0 Å². The Morgan fingerprint density at radius 2 is 1.50 bits per heavy atom. The highest BCUT2D eigenvalue weighted by Gasteiger charge is 2.15. The van der Waals surface area contributed by atoms with Crippen LogP contribution in [0.4, 0.5) is 0 Å². The Hall–Kier alpha value is -3.97. The molecule has 0 aliphatic carbocycles. The molecule has 4 nitrogen and oxygen atoms in total. The van der Waals surface area contributed by atoms with Crippen LogP contribution < -0.4 is 0 Å². The van der Waals surface area contributed by atoms with Crippen molar-refractivity contribution in [2.24, 2.45) is 0 Å². The van der Waals surface area contributed by atoms with E-state index in [-0.39, 0.29) is 0 Å². The molecule has 0 saturated heterocycles. The van der Waals surface area contributed by atoms with E-state index in [0.29, 0.717) is 11.3 Å². The SMILES string of the molecule is Cc1ccc(-c2nnc3c(C#Cc4ccccc4)nc4ccccc4n23)cc1. The molecule has 5 rings (SSSR count). The fourth-order valence-electron chi connectivity index (χ4n) is 3.21. The van der Waals surface area contributed by atoms with Gasteiger partial charge in [-0.1, -0.05) is 66.1 Å². The van der Waals surface area contributed by atoms with E-state index in [1.54, 1.807) is 0 Å². The van der Waals surface area contributed by atoms with Crippen LogP contribution >= 0.6 is 0 Å². The normalized spacial score (nSPS) is 10.8. The Bertz CT molecular complexity index is 1350. The van der Waals surface area contributed by atoms with E-state index in [1.165, 1.54) is 5.56 Å². The summed E-state index contributed by atoms with van der Waals surface area (Å²) in [7, 11) is 0. The van der Waals surface area contributed by atoms with Gasteiger partial charge in [-0.25, -0.2) is 4.98 Å². The first-order chi connectivity index (χ1) is 13.8. The van der Waals surface area contributed by atoms with Crippen molar-refractivity contribution in [1.29, 1.82) is 0 Å². The van der Waals surface area contributed by atoms with Crippen molar-refractivity contribution in [3.63, 3.8) is 0 Å². The average molecular weight is 360 g/mol. The van der Waals surface area contributed by atoms with Gasteiger partial charge in [-0.15, -0.1) is 10.2 Å². The molecule has 0 bridgehead atoms. The Morgan fingerprint density at radius 1 is 0.750 bits per heavy atom. The van der Waals surface area contributed by atoms with Crippen LogP contribution in [0.5, 0.6) is 0 Å². The van der Waals surface area contributed by atoms with Crippen molar-refractivity contribution in [3.05, 3.63) is 95.7 Å². The van der Waals surface area contributed by atoms with Gasteiger partial charge in [-0.2, -0.15) is 0 Å². The molecular formula is C24H16N4. The van der Waals surface area contributed by atoms with Gasteiger partial charge >= 0.3 is 0 Å². The molecule has 4 heteroatoms. The van der Waals surface area contributed by atoms with E-state index >= 15 is 0 Å². The highest BCUT2D eigenvalue weighted by atomic mass is 15.3. The van der Waals surface area contributed by atoms with Crippen LogP contribution in [0.15, 0.2) is 78.9 Å². The van der Waals surface area contributed by atoms with Crippen molar-refractivity contribution in [2.45, 2.75) is 6.92 Å². The quantitative estimate of drug-likeness (QED) is 0.409. The third-order valence-corrected chi connectivity index (χ3v) is 4.64. The molecule has 5 aromatic rings. The van der Waals surface area contributed by atoms with Crippen molar-refractivity contribution < 1.29 is 0 Å². The molecule has 0 aliphatic rings. The standard InChI is InChI=1S/C24H16N4/c1-17-11-14-19(15-12-17)23-26-27-24-21(16-13-18-7-3-2-4-8-18)25-20-9-5-6-10-22(20)28(23)24/h2-12,14-15H,1H3. The third-order valence-electron chi connectivity index (χ3n) is 4.64. The topological polar surface area (TPSA) is 43.1 Å². The molecule has 28 heavy (non-hydrogen) atoms. The van der Waals surface area contributed by atoms with Crippen LogP contribution in [-0.4, -0.2) is 19.6 Å². The Labute approximate surface area is 162 Å². The van der Waals surface area contributed by atoms with Gasteiger partial charge in [0.2, 0.25) is 0 Å². The number of benzene rings is 3. The van der Waals surface area contributed by atoms with Gasteiger partial charge < -0.3 is 0 Å². The zero-order chi connectivity index (χ0) is 18.9. The summed E-state index contributed by atoms with van der Waals surface area (Å²) in [4.78, 5) is 4.74. The lowest BCUT2D eigenvalue weighted by atomic mass is 10.1. The molecule has 0 aliphatic heterocycles. The van der Waals surface area contributed by atoms with E-state index < -0.39 is 0 Å². The van der Waals surface area contributed by atoms with Gasteiger partial charge in [0.1, 0.15) is 0 Å². The minimum absolute atomic E-state index is 0.619. The monoisotopic (exact) mass is 360 g/mol. The lowest BCUT2D eigenvalue weighted by molar-refractivity contribution is 1.11. The molecule has 2 heterocycles. The first kappa shape index (κ1) is 16.2. The van der Waals surface area contributed by atoms with Crippen LogP contribution in [-0.2, 0) is 0 Å². The molecule has 0 atom stereocenters. The van der Waals surface area contributed by atoms with Crippen LogP contribution in [0.2, 0.25) is 0 Å². The molecule has 132 valence electrons. The summed E-state index contributed by atoms with van der Waals surface area (Å²) in [5, 5.41) is 8.89. The van der Waals surface area contributed by atoms with E-state index in [4.69, 9.17) is 4.98 Å². The zero-order valence-electron chi connectivity index (χ0n) is 15.3. The molecular weight excluding hydrogens is 344 g/mol. The van der Waals surface area contributed by atoms with Gasteiger partial charge in [-0.05, 0) is 37.1 Å². The second-order valence-electron chi connectivity index (χ2n) is 6.61. The summed E-state index contributed by atoms with van der Waals surface area (Å²) in [5.74, 6) is 7.15.